The van der Waals surface area contributed by atoms with Crippen LogP contribution in [0.2, 0.25) is 0 Å². The molecule has 0 bridgehead atoms. The molecule has 146 valence electrons. The zero-order chi connectivity index (χ0) is 17.9. The van der Waals surface area contributed by atoms with Gasteiger partial charge in [0.2, 0.25) is 5.91 Å². The Morgan fingerprint density at radius 1 is 0.962 bits per heavy atom. The molecule has 5 nitrogen and oxygen atoms in total. The number of rotatable bonds is 3. The van der Waals surface area contributed by atoms with E-state index in [9.17, 15) is 4.79 Å². The van der Waals surface area contributed by atoms with Gasteiger partial charge < -0.3 is 10.2 Å². The van der Waals surface area contributed by atoms with Crippen LogP contribution >= 0.6 is 0 Å². The van der Waals surface area contributed by atoms with Crippen molar-refractivity contribution in [3.05, 3.63) is 12.7 Å². The van der Waals surface area contributed by atoms with E-state index in [1.165, 1.54) is 57.4 Å². The summed E-state index contributed by atoms with van der Waals surface area (Å²) in [6, 6.07) is 1.54. The molecule has 4 fully saturated rings. The largest absolute Gasteiger partial charge is 0.338 e. The van der Waals surface area contributed by atoms with Crippen LogP contribution < -0.4 is 16.0 Å². The molecular formula is C21H36N4O. The summed E-state index contributed by atoms with van der Waals surface area (Å²) in [5.41, 5.74) is 0. The molecule has 0 aromatic carbocycles. The third-order valence-electron chi connectivity index (χ3n) is 7.28. The van der Waals surface area contributed by atoms with Crippen molar-refractivity contribution in [3.8, 4) is 0 Å². The van der Waals surface area contributed by atoms with E-state index in [0.717, 1.165) is 32.0 Å². The lowest BCUT2D eigenvalue weighted by molar-refractivity contribution is -0.129. The topological polar surface area (TPSA) is 56.4 Å². The highest BCUT2D eigenvalue weighted by Crippen LogP contribution is 2.33. The quantitative estimate of drug-likeness (QED) is 0.674. The maximum absolute atomic E-state index is 12.2. The van der Waals surface area contributed by atoms with E-state index in [2.05, 4.69) is 22.5 Å². The minimum absolute atomic E-state index is 0.0883. The van der Waals surface area contributed by atoms with Gasteiger partial charge in [0.1, 0.15) is 0 Å². The standard InChI is InChI=1S/C21H36N4O/c1-2-19(26)25-13-11-16-18(14-25)23-21(15-8-4-3-5-9-15)24-20(16)17-10-6-7-12-22-17/h2,15-18,20-24H,1,3-14H2. The van der Waals surface area contributed by atoms with Crippen molar-refractivity contribution in [2.45, 2.75) is 82.1 Å². The smallest absolute Gasteiger partial charge is 0.246 e. The number of likely N-dealkylation sites (tertiary alicyclic amines) is 1. The third kappa shape index (κ3) is 3.85. The maximum Gasteiger partial charge on any atom is 0.246 e. The number of fused-ring (bicyclic) bond motifs is 1. The van der Waals surface area contributed by atoms with Crippen molar-refractivity contribution in [2.24, 2.45) is 11.8 Å². The van der Waals surface area contributed by atoms with Crippen LogP contribution in [0.15, 0.2) is 12.7 Å². The first-order valence-electron chi connectivity index (χ1n) is 10.9. The van der Waals surface area contributed by atoms with E-state index in [-0.39, 0.29) is 5.91 Å². The van der Waals surface area contributed by atoms with Crippen LogP contribution in [-0.4, -0.2) is 54.7 Å². The minimum atomic E-state index is 0.0883. The number of amides is 1. The SMILES string of the molecule is C=CC(=O)N1CCC2C(C1)NC(C1CCCCC1)NC2C1CCCCN1. The molecule has 3 saturated heterocycles. The average Bonchev–Trinajstić information content (AvgIpc) is 2.73. The lowest BCUT2D eigenvalue weighted by Crippen LogP contribution is -2.73. The minimum Gasteiger partial charge on any atom is -0.338 e. The first-order valence-corrected chi connectivity index (χ1v) is 10.9. The van der Waals surface area contributed by atoms with Crippen LogP contribution in [0.5, 0.6) is 0 Å². The Bertz CT molecular complexity index is 498. The highest BCUT2D eigenvalue weighted by atomic mass is 16.2. The first kappa shape index (κ1) is 18.5. The molecule has 0 aromatic heterocycles. The lowest BCUT2D eigenvalue weighted by atomic mass is 9.75. The molecule has 1 amide bonds. The zero-order valence-corrected chi connectivity index (χ0v) is 16.1. The van der Waals surface area contributed by atoms with Crippen LogP contribution in [0.1, 0.15) is 57.8 Å². The highest BCUT2D eigenvalue weighted by molar-refractivity contribution is 5.87. The summed E-state index contributed by atoms with van der Waals surface area (Å²) < 4.78 is 0. The molecule has 5 heteroatoms. The molecule has 3 aliphatic heterocycles. The molecule has 3 heterocycles. The predicted molar refractivity (Wildman–Crippen MR) is 105 cm³/mol. The Morgan fingerprint density at radius 2 is 1.77 bits per heavy atom. The van der Waals surface area contributed by atoms with E-state index >= 15 is 0 Å². The molecule has 26 heavy (non-hydrogen) atoms. The summed E-state index contributed by atoms with van der Waals surface area (Å²) in [7, 11) is 0. The average molecular weight is 361 g/mol. The van der Waals surface area contributed by atoms with Gasteiger partial charge in [0, 0.05) is 31.2 Å². The second-order valence-corrected chi connectivity index (χ2v) is 8.84. The van der Waals surface area contributed by atoms with Crippen LogP contribution in [-0.2, 0) is 4.79 Å². The molecule has 1 aliphatic carbocycles. The van der Waals surface area contributed by atoms with Gasteiger partial charge in [0.25, 0.3) is 0 Å². The van der Waals surface area contributed by atoms with Crippen molar-refractivity contribution < 1.29 is 4.79 Å². The summed E-state index contributed by atoms with van der Waals surface area (Å²) in [4.78, 5) is 14.2. The van der Waals surface area contributed by atoms with Crippen molar-refractivity contribution in [2.75, 3.05) is 19.6 Å². The molecule has 5 unspecified atom stereocenters. The number of nitrogens with one attached hydrogen (secondary N) is 3. The second-order valence-electron chi connectivity index (χ2n) is 8.84. The Morgan fingerprint density at radius 3 is 2.50 bits per heavy atom. The number of carbonyl (C=O) groups excluding carboxylic acids is 1. The summed E-state index contributed by atoms with van der Waals surface area (Å²) in [5, 5.41) is 11.8. The molecule has 4 rings (SSSR count). The molecule has 0 aromatic rings. The second kappa shape index (κ2) is 8.41. The van der Waals surface area contributed by atoms with Crippen molar-refractivity contribution in [3.63, 3.8) is 0 Å². The zero-order valence-electron chi connectivity index (χ0n) is 16.1. The lowest BCUT2D eigenvalue weighted by Gasteiger charge is -2.53. The number of piperidine rings is 2. The van der Waals surface area contributed by atoms with Gasteiger partial charge in [-0.2, -0.15) is 0 Å². The highest BCUT2D eigenvalue weighted by Gasteiger charge is 2.45. The van der Waals surface area contributed by atoms with E-state index in [1.807, 2.05) is 4.90 Å². The van der Waals surface area contributed by atoms with Gasteiger partial charge in [-0.05, 0) is 56.6 Å². The Balaban J connectivity index is 1.50. The normalized spacial score (nSPS) is 39.2. The van der Waals surface area contributed by atoms with Crippen LogP contribution in [0, 0.1) is 11.8 Å². The van der Waals surface area contributed by atoms with Crippen LogP contribution in [0.4, 0.5) is 0 Å². The summed E-state index contributed by atoms with van der Waals surface area (Å²) in [6.45, 7) is 6.54. The Labute approximate surface area is 158 Å². The molecular weight excluding hydrogens is 324 g/mol. The van der Waals surface area contributed by atoms with Gasteiger partial charge in [-0.25, -0.2) is 0 Å². The van der Waals surface area contributed by atoms with Gasteiger partial charge in [0.05, 0.1) is 6.17 Å². The molecule has 1 saturated carbocycles. The molecule has 5 atom stereocenters. The van der Waals surface area contributed by atoms with Gasteiger partial charge in [-0.1, -0.05) is 32.3 Å². The molecule has 4 aliphatic rings. The van der Waals surface area contributed by atoms with Gasteiger partial charge in [-0.15, -0.1) is 0 Å². The number of hydrogen-bond acceptors (Lipinski definition) is 4. The number of carbonyl (C=O) groups is 1. The summed E-state index contributed by atoms with van der Waals surface area (Å²) >= 11 is 0. The van der Waals surface area contributed by atoms with E-state index in [1.54, 1.807) is 0 Å². The fraction of sp³-hybridized carbons (Fsp3) is 0.857. The first-order chi connectivity index (χ1) is 12.8. The van der Waals surface area contributed by atoms with E-state index < -0.39 is 0 Å². The maximum atomic E-state index is 12.2. The van der Waals surface area contributed by atoms with Crippen molar-refractivity contribution in [1.82, 2.24) is 20.9 Å². The summed E-state index contributed by atoms with van der Waals surface area (Å²) in [6.07, 6.45) is 13.7. The molecule has 0 spiro atoms. The Kier molecular flexibility index (Phi) is 5.97. The van der Waals surface area contributed by atoms with Crippen LogP contribution in [0.25, 0.3) is 0 Å². The van der Waals surface area contributed by atoms with Gasteiger partial charge >= 0.3 is 0 Å². The molecule has 0 radical (unpaired) electrons. The monoisotopic (exact) mass is 360 g/mol. The fourth-order valence-electron chi connectivity index (χ4n) is 5.85. The van der Waals surface area contributed by atoms with Crippen molar-refractivity contribution >= 4 is 5.91 Å². The number of nitrogens with zero attached hydrogens (tertiary/aromatic N) is 1. The fourth-order valence-corrected chi connectivity index (χ4v) is 5.85. The molecule has 3 N–H and O–H groups in total. The predicted octanol–water partition coefficient (Wildman–Crippen LogP) is 2.00. The van der Waals surface area contributed by atoms with Crippen molar-refractivity contribution in [1.29, 1.82) is 0 Å². The van der Waals surface area contributed by atoms with Gasteiger partial charge in [-0.3, -0.25) is 15.4 Å². The van der Waals surface area contributed by atoms with Gasteiger partial charge in [0.15, 0.2) is 0 Å². The van der Waals surface area contributed by atoms with E-state index in [4.69, 9.17) is 0 Å². The Hall–Kier alpha value is -0.910. The summed E-state index contributed by atoms with van der Waals surface area (Å²) in [5.74, 6) is 1.44. The van der Waals surface area contributed by atoms with E-state index in [0.29, 0.717) is 30.2 Å². The van der Waals surface area contributed by atoms with Crippen LogP contribution in [0.3, 0.4) is 0 Å². The number of hydrogen-bond donors (Lipinski definition) is 3. The third-order valence-corrected chi connectivity index (χ3v) is 7.28.